The van der Waals surface area contributed by atoms with E-state index in [0.29, 0.717) is 12.5 Å². The lowest BCUT2D eigenvalue weighted by molar-refractivity contribution is -0.0828. The van der Waals surface area contributed by atoms with E-state index in [-0.39, 0.29) is 5.60 Å². The summed E-state index contributed by atoms with van der Waals surface area (Å²) in [5, 5.41) is 3.05. The molecule has 0 unspecified atom stereocenters. The molecule has 0 amide bonds. The molecule has 1 rings (SSSR count). The third-order valence-corrected chi connectivity index (χ3v) is 2.93. The lowest BCUT2D eigenvalue weighted by Crippen LogP contribution is -2.42. The van der Waals surface area contributed by atoms with Gasteiger partial charge in [0.1, 0.15) is 0 Å². The largest absolute Gasteiger partial charge is 0.381 e. The van der Waals surface area contributed by atoms with Gasteiger partial charge in [0, 0.05) is 39.7 Å². The molecule has 1 aliphatic rings. The first-order chi connectivity index (χ1) is 7.72. The third kappa shape index (κ3) is 3.98. The predicted molar refractivity (Wildman–Crippen MR) is 64.6 cm³/mol. The van der Waals surface area contributed by atoms with E-state index in [9.17, 15) is 0 Å². The van der Waals surface area contributed by atoms with Crippen molar-refractivity contribution in [1.82, 2.24) is 5.32 Å². The van der Waals surface area contributed by atoms with Gasteiger partial charge in [0.2, 0.25) is 0 Å². The van der Waals surface area contributed by atoms with Crippen molar-refractivity contribution in [2.24, 2.45) is 10.7 Å². The summed E-state index contributed by atoms with van der Waals surface area (Å²) in [6.45, 7) is 5.04. The summed E-state index contributed by atoms with van der Waals surface area (Å²) in [6, 6.07) is 0. The van der Waals surface area contributed by atoms with E-state index < -0.39 is 0 Å². The monoisotopic (exact) mass is 229 g/mol. The minimum atomic E-state index is -0.184. The molecule has 1 heterocycles. The number of hydrogen-bond acceptors (Lipinski definition) is 3. The lowest BCUT2D eigenvalue weighted by atomic mass is 9.94. The van der Waals surface area contributed by atoms with Gasteiger partial charge in [-0.05, 0) is 6.42 Å². The summed E-state index contributed by atoms with van der Waals surface area (Å²) in [6.07, 6.45) is 2.81. The van der Waals surface area contributed by atoms with E-state index in [4.69, 9.17) is 15.2 Å². The SMILES string of the molecule is CCCNC(N)=NCC1(OC)CCOCC1. The first-order valence-corrected chi connectivity index (χ1v) is 5.89. The van der Waals surface area contributed by atoms with Gasteiger partial charge in [-0.2, -0.15) is 0 Å². The van der Waals surface area contributed by atoms with Crippen LogP contribution in [-0.2, 0) is 9.47 Å². The van der Waals surface area contributed by atoms with Gasteiger partial charge >= 0.3 is 0 Å². The zero-order valence-electron chi connectivity index (χ0n) is 10.3. The maximum Gasteiger partial charge on any atom is 0.188 e. The van der Waals surface area contributed by atoms with Crippen molar-refractivity contribution in [3.63, 3.8) is 0 Å². The number of rotatable bonds is 5. The molecule has 94 valence electrons. The minimum Gasteiger partial charge on any atom is -0.381 e. The van der Waals surface area contributed by atoms with Crippen molar-refractivity contribution < 1.29 is 9.47 Å². The van der Waals surface area contributed by atoms with E-state index >= 15 is 0 Å². The van der Waals surface area contributed by atoms with Crippen LogP contribution in [0, 0.1) is 0 Å². The topological polar surface area (TPSA) is 68.9 Å². The first kappa shape index (κ1) is 13.3. The Bertz CT molecular complexity index is 225. The maximum absolute atomic E-state index is 5.74. The molecule has 5 nitrogen and oxygen atoms in total. The summed E-state index contributed by atoms with van der Waals surface area (Å²) in [5.74, 6) is 0.504. The van der Waals surface area contributed by atoms with Crippen molar-refractivity contribution >= 4 is 5.96 Å². The lowest BCUT2D eigenvalue weighted by Gasteiger charge is -2.34. The van der Waals surface area contributed by atoms with Crippen LogP contribution in [0.1, 0.15) is 26.2 Å². The molecule has 1 saturated heterocycles. The van der Waals surface area contributed by atoms with Gasteiger partial charge in [-0.1, -0.05) is 6.92 Å². The highest BCUT2D eigenvalue weighted by molar-refractivity contribution is 5.77. The molecule has 0 aromatic rings. The Morgan fingerprint density at radius 3 is 2.75 bits per heavy atom. The number of guanidine groups is 1. The highest BCUT2D eigenvalue weighted by Gasteiger charge is 2.32. The fourth-order valence-electron chi connectivity index (χ4n) is 1.71. The highest BCUT2D eigenvalue weighted by Crippen LogP contribution is 2.24. The molecule has 0 atom stereocenters. The predicted octanol–water partition coefficient (Wildman–Crippen LogP) is 0.496. The molecule has 0 bridgehead atoms. The number of ether oxygens (including phenoxy) is 2. The Hall–Kier alpha value is -0.810. The van der Waals surface area contributed by atoms with Crippen molar-refractivity contribution in [1.29, 1.82) is 0 Å². The number of aliphatic imine (C=N–C) groups is 1. The van der Waals surface area contributed by atoms with Crippen LogP contribution in [-0.4, -0.2) is 45.0 Å². The average Bonchev–Trinajstić information content (AvgIpc) is 2.35. The zero-order chi connectivity index (χ0) is 11.9. The molecule has 0 radical (unpaired) electrons. The Balaban J connectivity index is 2.43. The maximum atomic E-state index is 5.74. The van der Waals surface area contributed by atoms with E-state index in [1.165, 1.54) is 0 Å². The summed E-state index contributed by atoms with van der Waals surface area (Å²) < 4.78 is 10.9. The molecule has 5 heteroatoms. The Morgan fingerprint density at radius 2 is 2.19 bits per heavy atom. The number of hydrogen-bond donors (Lipinski definition) is 2. The first-order valence-electron chi connectivity index (χ1n) is 5.89. The van der Waals surface area contributed by atoms with Crippen molar-refractivity contribution in [2.45, 2.75) is 31.8 Å². The van der Waals surface area contributed by atoms with Gasteiger partial charge in [0.25, 0.3) is 0 Å². The van der Waals surface area contributed by atoms with Crippen molar-refractivity contribution in [3.05, 3.63) is 0 Å². The van der Waals surface area contributed by atoms with E-state index in [2.05, 4.69) is 17.2 Å². The molecule has 1 fully saturated rings. The van der Waals surface area contributed by atoms with Crippen LogP contribution in [0.5, 0.6) is 0 Å². The van der Waals surface area contributed by atoms with Gasteiger partial charge < -0.3 is 20.5 Å². The van der Waals surface area contributed by atoms with Gasteiger partial charge in [0.15, 0.2) is 5.96 Å². The van der Waals surface area contributed by atoms with Crippen LogP contribution < -0.4 is 11.1 Å². The molecule has 0 aliphatic carbocycles. The number of methoxy groups -OCH3 is 1. The van der Waals surface area contributed by atoms with Gasteiger partial charge in [0.05, 0.1) is 12.1 Å². The molecule has 0 aromatic carbocycles. The molecule has 3 N–H and O–H groups in total. The smallest absolute Gasteiger partial charge is 0.188 e. The summed E-state index contributed by atoms with van der Waals surface area (Å²) in [7, 11) is 1.73. The van der Waals surface area contributed by atoms with Gasteiger partial charge in [-0.25, -0.2) is 0 Å². The summed E-state index contributed by atoms with van der Waals surface area (Å²) >= 11 is 0. The molecule has 0 aromatic heterocycles. The second-order valence-electron chi connectivity index (χ2n) is 4.13. The van der Waals surface area contributed by atoms with Crippen LogP contribution in [0.3, 0.4) is 0 Å². The van der Waals surface area contributed by atoms with Gasteiger partial charge in [-0.3, -0.25) is 4.99 Å². The van der Waals surface area contributed by atoms with Crippen LogP contribution in [0.15, 0.2) is 4.99 Å². The number of nitrogens with two attached hydrogens (primary N) is 1. The number of nitrogens with one attached hydrogen (secondary N) is 1. The standard InChI is InChI=1S/C11H23N3O2/c1-3-6-13-10(12)14-9-11(15-2)4-7-16-8-5-11/h3-9H2,1-2H3,(H3,12,13,14). The molecule has 0 saturated carbocycles. The van der Waals surface area contributed by atoms with E-state index in [0.717, 1.165) is 39.0 Å². The Morgan fingerprint density at radius 1 is 1.50 bits per heavy atom. The fraction of sp³-hybridized carbons (Fsp3) is 0.909. The van der Waals surface area contributed by atoms with Crippen molar-refractivity contribution in [3.8, 4) is 0 Å². The second kappa shape index (κ2) is 6.70. The van der Waals surface area contributed by atoms with Crippen LogP contribution in [0.4, 0.5) is 0 Å². The summed E-state index contributed by atoms with van der Waals surface area (Å²) in [5.41, 5.74) is 5.56. The van der Waals surface area contributed by atoms with Crippen LogP contribution in [0.2, 0.25) is 0 Å². The fourth-order valence-corrected chi connectivity index (χ4v) is 1.71. The second-order valence-corrected chi connectivity index (χ2v) is 4.13. The molecule has 16 heavy (non-hydrogen) atoms. The third-order valence-electron chi connectivity index (χ3n) is 2.93. The normalized spacial score (nSPS) is 20.8. The molecule has 0 spiro atoms. The average molecular weight is 229 g/mol. The minimum absolute atomic E-state index is 0.184. The van der Waals surface area contributed by atoms with Crippen LogP contribution >= 0.6 is 0 Å². The Labute approximate surface area is 97.4 Å². The molecular weight excluding hydrogens is 206 g/mol. The Kier molecular flexibility index (Phi) is 5.55. The zero-order valence-corrected chi connectivity index (χ0v) is 10.3. The highest BCUT2D eigenvalue weighted by atomic mass is 16.5. The van der Waals surface area contributed by atoms with Crippen molar-refractivity contribution in [2.75, 3.05) is 33.4 Å². The summed E-state index contributed by atoms with van der Waals surface area (Å²) in [4.78, 5) is 4.33. The van der Waals surface area contributed by atoms with E-state index in [1.54, 1.807) is 7.11 Å². The molecule has 1 aliphatic heterocycles. The van der Waals surface area contributed by atoms with Crippen LogP contribution in [0.25, 0.3) is 0 Å². The quantitative estimate of drug-likeness (QED) is 0.532. The molecular formula is C11H23N3O2. The van der Waals surface area contributed by atoms with E-state index in [1.807, 2.05) is 0 Å². The number of nitrogens with zero attached hydrogens (tertiary/aromatic N) is 1. The van der Waals surface area contributed by atoms with Gasteiger partial charge in [-0.15, -0.1) is 0 Å².